The molecule has 4 heterocycles. The number of alkyl halides is 12. The lowest BCUT2D eigenvalue weighted by Gasteiger charge is -2.36. The fraction of sp³-hybridized carbons (Fsp3) is 0.681. The quantitative estimate of drug-likeness (QED) is 0.130. The van der Waals surface area contributed by atoms with Gasteiger partial charge in [-0.05, 0) is 80.8 Å². The Balaban J connectivity index is 0.000000262. The lowest BCUT2D eigenvalue weighted by molar-refractivity contribution is -0.308. The van der Waals surface area contributed by atoms with Crippen LogP contribution in [0.2, 0.25) is 10.0 Å². The van der Waals surface area contributed by atoms with Crippen LogP contribution in [0.4, 0.5) is 78.4 Å². The topological polar surface area (TPSA) is 98.3 Å². The average Bonchev–Trinajstić information content (AvgIpc) is 3.98. The summed E-state index contributed by atoms with van der Waals surface area (Å²) in [6, 6.07) is 11.9. The Morgan fingerprint density at radius 3 is 1.20 bits per heavy atom. The van der Waals surface area contributed by atoms with Crippen LogP contribution >= 0.6 is 34.8 Å². The lowest BCUT2D eigenvalue weighted by atomic mass is 10.1. The van der Waals surface area contributed by atoms with Crippen molar-refractivity contribution in [1.29, 1.82) is 0 Å². The maximum Gasteiger partial charge on any atom is 0.434 e. The number of hydrogen-bond donors (Lipinski definition) is 0. The molecule has 4 fully saturated rings. The number of anilines is 2. The average molecular weight is 1140 g/mol. The minimum atomic E-state index is -5.73. The molecule has 2 aromatic rings. The summed E-state index contributed by atoms with van der Waals surface area (Å²) in [6.07, 6.45) is -28.4. The number of ether oxygens (including phenoxy) is 3. The molecule has 0 aromatic heterocycles. The molecule has 0 unspecified atom stereocenters. The van der Waals surface area contributed by atoms with Crippen molar-refractivity contribution in [1.82, 2.24) is 19.6 Å². The van der Waals surface area contributed by atoms with E-state index in [1.807, 2.05) is 48.8 Å². The third-order valence-corrected chi connectivity index (χ3v) is 13.1. The maximum atomic E-state index is 12.7. The smallest absolute Gasteiger partial charge is 0.434 e. The Bertz CT molecular complexity index is 2120. The Hall–Kier alpha value is -4.00. The number of hydrogen-bond acceptors (Lipinski definition) is 10. The summed E-state index contributed by atoms with van der Waals surface area (Å²) in [5.41, 5.74) is 2.04. The monoisotopic (exact) mass is 1140 g/mol. The second kappa shape index (κ2) is 26.4. The zero-order chi connectivity index (χ0) is 55.6. The van der Waals surface area contributed by atoms with Gasteiger partial charge in [-0.2, -0.15) is 52.7 Å². The Morgan fingerprint density at radius 2 is 0.905 bits per heavy atom. The van der Waals surface area contributed by atoms with E-state index in [-0.39, 0.29) is 32.3 Å². The van der Waals surface area contributed by atoms with Gasteiger partial charge in [-0.3, -0.25) is 9.80 Å². The molecule has 2 aromatic carbocycles. The van der Waals surface area contributed by atoms with E-state index in [9.17, 15) is 67.1 Å². The molecule has 4 aliphatic heterocycles. The highest BCUT2D eigenvalue weighted by Crippen LogP contribution is 2.38. The van der Waals surface area contributed by atoms with Crippen molar-refractivity contribution in [2.45, 2.75) is 116 Å². The summed E-state index contributed by atoms with van der Waals surface area (Å²) in [6.45, 7) is 19.3. The molecule has 0 bridgehead atoms. The van der Waals surface area contributed by atoms with Gasteiger partial charge in [0.25, 0.3) is 12.2 Å². The van der Waals surface area contributed by atoms with Crippen molar-refractivity contribution >= 4 is 63.8 Å². The number of nitrogens with zero attached hydrogens (tertiary/aromatic N) is 6. The molecule has 0 saturated carbocycles. The maximum absolute atomic E-state index is 12.7. The Morgan fingerprint density at radius 1 is 0.554 bits per heavy atom. The van der Waals surface area contributed by atoms with Gasteiger partial charge in [0.05, 0.1) is 0 Å². The number of carbonyl (C=O) groups excluding carboxylic acids is 3. The van der Waals surface area contributed by atoms with E-state index in [4.69, 9.17) is 27.9 Å². The van der Waals surface area contributed by atoms with Gasteiger partial charge in [-0.25, -0.2) is 14.4 Å². The minimum absolute atomic E-state index is 0.0359. The molecular weight excluding hydrogens is 1080 g/mol. The van der Waals surface area contributed by atoms with Gasteiger partial charge in [0.2, 0.25) is 0 Å². The van der Waals surface area contributed by atoms with E-state index < -0.39 is 54.0 Å². The molecule has 420 valence electrons. The van der Waals surface area contributed by atoms with E-state index >= 15 is 0 Å². The predicted octanol–water partition coefficient (Wildman–Crippen LogP) is 12.8. The Labute approximate surface area is 437 Å². The summed E-state index contributed by atoms with van der Waals surface area (Å²) < 4.78 is 157. The van der Waals surface area contributed by atoms with Gasteiger partial charge >= 0.3 is 42.3 Å². The first-order chi connectivity index (χ1) is 34.2. The molecule has 2 amide bonds. The van der Waals surface area contributed by atoms with Crippen molar-refractivity contribution in [3.05, 3.63) is 57.6 Å². The van der Waals surface area contributed by atoms with Gasteiger partial charge in [0.1, 0.15) is 5.60 Å². The number of rotatable bonds is 10. The number of piperazine rings is 2. The van der Waals surface area contributed by atoms with Crippen molar-refractivity contribution in [3.8, 4) is 0 Å². The third-order valence-electron chi connectivity index (χ3n) is 12.6. The van der Waals surface area contributed by atoms with Crippen LogP contribution in [0.15, 0.2) is 36.4 Å². The van der Waals surface area contributed by atoms with Crippen LogP contribution in [-0.4, -0.2) is 158 Å². The fourth-order valence-electron chi connectivity index (χ4n) is 8.59. The van der Waals surface area contributed by atoms with Crippen molar-refractivity contribution in [3.63, 3.8) is 0 Å². The first kappa shape index (κ1) is 62.5. The van der Waals surface area contributed by atoms with E-state index in [0.29, 0.717) is 30.6 Å². The predicted molar refractivity (Wildman–Crippen MR) is 255 cm³/mol. The van der Waals surface area contributed by atoms with Gasteiger partial charge in [-0.15, -0.1) is 0 Å². The van der Waals surface area contributed by atoms with Crippen LogP contribution in [0.25, 0.3) is 0 Å². The summed E-state index contributed by atoms with van der Waals surface area (Å²) in [4.78, 5) is 45.8. The number of carbonyl (C=O) groups is 3. The van der Waals surface area contributed by atoms with Crippen molar-refractivity contribution in [2.75, 3.05) is 88.3 Å². The zero-order valence-electron chi connectivity index (χ0n) is 41.3. The van der Waals surface area contributed by atoms with Gasteiger partial charge in [-0.1, -0.05) is 62.0 Å². The van der Waals surface area contributed by atoms with Crippen LogP contribution in [0.3, 0.4) is 0 Å². The lowest BCUT2D eigenvalue weighted by Crippen LogP contribution is -2.52. The second-order valence-corrected chi connectivity index (χ2v) is 20.4. The first-order valence-corrected chi connectivity index (χ1v) is 24.9. The highest BCUT2D eigenvalue weighted by Gasteiger charge is 2.61. The van der Waals surface area contributed by atoms with E-state index in [1.165, 1.54) is 24.1 Å². The highest BCUT2D eigenvalue weighted by molar-refractivity contribution is 6.61. The van der Waals surface area contributed by atoms with Gasteiger partial charge < -0.3 is 33.8 Å². The number of benzene rings is 2. The highest BCUT2D eigenvalue weighted by atomic mass is 35.5. The van der Waals surface area contributed by atoms with Crippen LogP contribution in [-0.2, 0) is 27.3 Å². The van der Waals surface area contributed by atoms with Crippen LogP contribution in [0, 0.1) is 11.8 Å². The summed E-state index contributed by atoms with van der Waals surface area (Å²) in [5.74, 6) is 1.40. The largest absolute Gasteiger partial charge is 0.444 e. The molecule has 12 nitrogen and oxygen atoms in total. The van der Waals surface area contributed by atoms with Crippen LogP contribution < -0.4 is 9.80 Å². The third kappa shape index (κ3) is 19.5. The molecule has 0 aliphatic carbocycles. The minimum Gasteiger partial charge on any atom is -0.444 e. The first-order valence-electron chi connectivity index (χ1n) is 23.8. The molecule has 27 heteroatoms. The molecule has 0 N–H and O–H groups in total. The standard InChI is InChI=1S/C22H34ClN3O2.C21H26ClF6N3O2.C4HClF6O2/c1-5-17-8-9-26(15-17)20-14-19(23)7-6-18(20)16-24-10-12-25(13-11-24)21(27)28-22(2,3)4;1-2-14-5-6-31(12-14)17-11-16(22)4-3-15(17)13-29-7-9-30(10-8-29)19(32)33-18(20(23,24)25)21(26,27)28;5-2(12)13-1(3(6,7)8)4(9,10)11/h6-7,14,17H,5,8-13,15-16H2,1-4H3;3-4,11,14,18H,2,5-10,12-13H2,1H3;1H/t17-;14-;/m00./s1. The summed E-state index contributed by atoms with van der Waals surface area (Å²) in [5, 5.41) is 1.42. The van der Waals surface area contributed by atoms with Crippen molar-refractivity contribution < 1.29 is 81.3 Å². The summed E-state index contributed by atoms with van der Waals surface area (Å²) >= 11 is 16.7. The van der Waals surface area contributed by atoms with Crippen LogP contribution in [0.5, 0.6) is 0 Å². The van der Waals surface area contributed by atoms with Crippen molar-refractivity contribution in [2.24, 2.45) is 11.8 Å². The van der Waals surface area contributed by atoms with Gasteiger partial charge in [0, 0.05) is 125 Å². The number of amides is 2. The normalized spacial score (nSPS) is 19.5. The number of halogens is 15. The van der Waals surface area contributed by atoms with Crippen LogP contribution in [0.1, 0.15) is 71.4 Å². The molecule has 4 aliphatic rings. The molecule has 2 atom stereocenters. The molecule has 0 spiro atoms. The molecule has 6 rings (SSSR count). The zero-order valence-corrected chi connectivity index (χ0v) is 43.6. The van der Waals surface area contributed by atoms with E-state index in [1.54, 1.807) is 6.07 Å². The second-order valence-electron chi connectivity index (χ2n) is 19.2. The summed E-state index contributed by atoms with van der Waals surface area (Å²) in [7, 11) is 0. The molecular formula is C47H61Cl3F12N6O6. The van der Waals surface area contributed by atoms with E-state index in [0.717, 1.165) is 85.7 Å². The molecule has 0 radical (unpaired) electrons. The molecule has 74 heavy (non-hydrogen) atoms. The van der Waals surface area contributed by atoms with E-state index in [2.05, 4.69) is 61.8 Å². The van der Waals surface area contributed by atoms with Gasteiger partial charge in [0.15, 0.2) is 0 Å². The Kier molecular flexibility index (Phi) is 22.3. The SMILES string of the molecule is CC[C@H]1CCN(c2cc(Cl)ccc2CN2CCN(C(=O)OC(C(F)(F)F)C(F)(F)F)CC2)C1.CC[C@H]1CCN(c2cc(Cl)ccc2CN2CCN(C(=O)OC(C)(C)C)CC2)C1.O=C(Cl)OC(C(F)(F)F)C(F)(F)F. The fourth-order valence-corrected chi connectivity index (χ4v) is 9.01. The molecule has 4 saturated heterocycles.